The van der Waals surface area contributed by atoms with Crippen molar-refractivity contribution in [2.45, 2.75) is 24.9 Å². The van der Waals surface area contributed by atoms with Crippen molar-refractivity contribution in [1.29, 1.82) is 0 Å². The van der Waals surface area contributed by atoms with Crippen molar-refractivity contribution >= 4 is 5.97 Å². The summed E-state index contributed by atoms with van der Waals surface area (Å²) >= 11 is 0. The minimum Gasteiger partial charge on any atom is -0.480 e. The van der Waals surface area contributed by atoms with Crippen LogP contribution in [0.1, 0.15) is 24.4 Å². The smallest absolute Gasteiger partial charge is 0.325 e. The molecule has 0 spiro atoms. The summed E-state index contributed by atoms with van der Waals surface area (Å²) in [5, 5.41) is 9.50. The lowest BCUT2D eigenvalue weighted by molar-refractivity contribution is -0.144. The predicted octanol–water partition coefficient (Wildman–Crippen LogP) is 1.98. The van der Waals surface area contributed by atoms with Crippen LogP contribution in [0.15, 0.2) is 24.3 Å². The molecule has 4 nitrogen and oxygen atoms in total. The van der Waals surface area contributed by atoms with E-state index in [4.69, 9.17) is 0 Å². The van der Waals surface area contributed by atoms with Crippen LogP contribution in [0.25, 0.3) is 0 Å². The van der Waals surface area contributed by atoms with E-state index in [0.717, 1.165) is 25.9 Å². The van der Waals surface area contributed by atoms with E-state index >= 15 is 0 Å². The molecule has 1 fully saturated rings. The summed E-state index contributed by atoms with van der Waals surface area (Å²) in [4.78, 5) is 15.7. The number of rotatable bonds is 4. The lowest BCUT2D eigenvalue weighted by atomic mass is 9.98. The molecule has 1 heterocycles. The zero-order valence-corrected chi connectivity index (χ0v) is 11.9. The van der Waals surface area contributed by atoms with Gasteiger partial charge in [0.1, 0.15) is 11.9 Å². The third-order valence-electron chi connectivity index (χ3n) is 4.07. The maximum atomic E-state index is 13.3. The van der Waals surface area contributed by atoms with Crippen LogP contribution in [-0.4, -0.2) is 54.1 Å². The zero-order chi connectivity index (χ0) is 14.7. The fraction of sp³-hybridized carbons (Fsp3) is 0.533. The first kappa shape index (κ1) is 14.9. The Morgan fingerprint density at radius 2 is 2.10 bits per heavy atom. The highest BCUT2D eigenvalue weighted by atomic mass is 19.1. The van der Waals surface area contributed by atoms with Crippen LogP contribution in [-0.2, 0) is 4.79 Å². The molecule has 0 amide bonds. The molecule has 1 aliphatic rings. The number of piperidine rings is 1. The number of carboxylic acid groups (broad SMARTS) is 1. The van der Waals surface area contributed by atoms with Gasteiger partial charge < -0.3 is 10.0 Å². The van der Waals surface area contributed by atoms with Gasteiger partial charge in [0.2, 0.25) is 0 Å². The molecule has 1 N–H and O–H groups in total. The summed E-state index contributed by atoms with van der Waals surface area (Å²) in [6.45, 7) is 1.93. The Hall–Kier alpha value is -1.46. The van der Waals surface area contributed by atoms with Crippen LogP contribution >= 0.6 is 0 Å². The number of hydrogen-bond acceptors (Lipinski definition) is 3. The van der Waals surface area contributed by atoms with Crippen molar-refractivity contribution in [1.82, 2.24) is 9.80 Å². The van der Waals surface area contributed by atoms with Crippen molar-refractivity contribution in [2.24, 2.45) is 0 Å². The van der Waals surface area contributed by atoms with Crippen LogP contribution in [0.3, 0.4) is 0 Å². The van der Waals surface area contributed by atoms with E-state index in [0.29, 0.717) is 5.56 Å². The first-order valence-electron chi connectivity index (χ1n) is 6.88. The second-order valence-corrected chi connectivity index (χ2v) is 5.50. The topological polar surface area (TPSA) is 43.8 Å². The van der Waals surface area contributed by atoms with Crippen molar-refractivity contribution in [3.05, 3.63) is 35.6 Å². The number of hydrogen-bond donors (Lipinski definition) is 1. The van der Waals surface area contributed by atoms with E-state index in [-0.39, 0.29) is 6.04 Å². The molecule has 0 saturated carbocycles. The number of likely N-dealkylation sites (N-methyl/N-ethyl adjacent to an activating group) is 1. The molecular formula is C15H21FN2O2. The highest BCUT2D eigenvalue weighted by Gasteiger charge is 2.31. The fourth-order valence-electron chi connectivity index (χ4n) is 2.84. The van der Waals surface area contributed by atoms with Crippen LogP contribution in [0.2, 0.25) is 0 Å². The Bertz CT molecular complexity index is 473. The molecule has 20 heavy (non-hydrogen) atoms. The first-order chi connectivity index (χ1) is 9.49. The highest BCUT2D eigenvalue weighted by molar-refractivity contribution is 5.75. The molecule has 110 valence electrons. The Morgan fingerprint density at radius 1 is 1.45 bits per heavy atom. The largest absolute Gasteiger partial charge is 0.480 e. The minimum atomic E-state index is -0.933. The number of carbonyl (C=O) groups is 1. The molecular weight excluding hydrogens is 259 g/mol. The van der Waals surface area contributed by atoms with Crippen molar-refractivity contribution in [3.8, 4) is 0 Å². The van der Waals surface area contributed by atoms with Crippen molar-refractivity contribution in [3.63, 3.8) is 0 Å². The SMILES string of the molecule is CN1CCC(N(C)C(C(=O)O)c2cccc(F)c2)CC1. The van der Waals surface area contributed by atoms with Crippen LogP contribution in [0.4, 0.5) is 4.39 Å². The summed E-state index contributed by atoms with van der Waals surface area (Å²) < 4.78 is 13.3. The van der Waals surface area contributed by atoms with E-state index in [1.165, 1.54) is 12.1 Å². The molecule has 1 saturated heterocycles. The van der Waals surface area contributed by atoms with Gasteiger partial charge in [-0.3, -0.25) is 9.69 Å². The summed E-state index contributed by atoms with van der Waals surface area (Å²) in [5.41, 5.74) is 0.499. The number of nitrogens with zero attached hydrogens (tertiary/aromatic N) is 2. The van der Waals surface area contributed by atoms with E-state index in [1.54, 1.807) is 12.1 Å². The Kier molecular flexibility index (Phi) is 4.73. The zero-order valence-electron chi connectivity index (χ0n) is 11.9. The van der Waals surface area contributed by atoms with Gasteiger partial charge in [-0.1, -0.05) is 12.1 Å². The van der Waals surface area contributed by atoms with Gasteiger partial charge in [0, 0.05) is 6.04 Å². The average Bonchev–Trinajstić information content (AvgIpc) is 2.39. The second kappa shape index (κ2) is 6.33. The Balaban J connectivity index is 2.18. The van der Waals surface area contributed by atoms with Gasteiger partial charge in [-0.2, -0.15) is 0 Å². The van der Waals surface area contributed by atoms with Gasteiger partial charge in [0.05, 0.1) is 0 Å². The van der Waals surface area contributed by atoms with Gasteiger partial charge in [-0.05, 0) is 57.7 Å². The van der Waals surface area contributed by atoms with Crippen LogP contribution in [0.5, 0.6) is 0 Å². The molecule has 0 radical (unpaired) electrons. The number of aliphatic carboxylic acids is 1. The van der Waals surface area contributed by atoms with E-state index < -0.39 is 17.8 Å². The molecule has 0 bridgehead atoms. The van der Waals surface area contributed by atoms with Crippen molar-refractivity contribution in [2.75, 3.05) is 27.2 Å². The molecule has 1 aliphatic heterocycles. The third kappa shape index (κ3) is 3.35. The highest BCUT2D eigenvalue weighted by Crippen LogP contribution is 2.26. The lowest BCUT2D eigenvalue weighted by Gasteiger charge is -2.38. The first-order valence-corrected chi connectivity index (χ1v) is 6.88. The van der Waals surface area contributed by atoms with Gasteiger partial charge in [-0.25, -0.2) is 4.39 Å². The maximum absolute atomic E-state index is 13.3. The normalized spacial score (nSPS) is 19.2. The summed E-state index contributed by atoms with van der Waals surface area (Å²) in [6.07, 6.45) is 1.87. The standard InChI is InChI=1S/C15H21FN2O2/c1-17-8-6-13(7-9-17)18(2)14(15(19)20)11-4-3-5-12(16)10-11/h3-5,10,13-14H,6-9H2,1-2H3,(H,19,20). The molecule has 1 aromatic rings. The average molecular weight is 280 g/mol. The minimum absolute atomic E-state index is 0.218. The summed E-state index contributed by atoms with van der Waals surface area (Å²) in [7, 11) is 3.89. The fourth-order valence-corrected chi connectivity index (χ4v) is 2.84. The Morgan fingerprint density at radius 3 is 2.65 bits per heavy atom. The lowest BCUT2D eigenvalue weighted by Crippen LogP contribution is -2.45. The summed E-state index contributed by atoms with van der Waals surface area (Å²) in [6, 6.07) is 5.30. The van der Waals surface area contributed by atoms with Gasteiger partial charge in [0.15, 0.2) is 0 Å². The molecule has 5 heteroatoms. The molecule has 1 unspecified atom stereocenters. The van der Waals surface area contributed by atoms with Gasteiger partial charge in [0.25, 0.3) is 0 Å². The number of carboxylic acids is 1. The third-order valence-corrected chi connectivity index (χ3v) is 4.07. The molecule has 2 rings (SSSR count). The van der Waals surface area contributed by atoms with Crippen molar-refractivity contribution < 1.29 is 14.3 Å². The van der Waals surface area contributed by atoms with E-state index in [9.17, 15) is 14.3 Å². The molecule has 1 atom stereocenters. The molecule has 0 aliphatic carbocycles. The van der Waals surface area contributed by atoms with Gasteiger partial charge >= 0.3 is 5.97 Å². The number of likely N-dealkylation sites (tertiary alicyclic amines) is 1. The van der Waals surface area contributed by atoms with E-state index in [1.807, 2.05) is 11.9 Å². The van der Waals surface area contributed by atoms with Crippen LogP contribution in [0, 0.1) is 5.82 Å². The van der Waals surface area contributed by atoms with Crippen LogP contribution < -0.4 is 0 Å². The van der Waals surface area contributed by atoms with E-state index in [2.05, 4.69) is 11.9 Å². The number of benzene rings is 1. The summed E-state index contributed by atoms with van der Waals surface area (Å²) in [5.74, 6) is -1.33. The quantitative estimate of drug-likeness (QED) is 0.916. The molecule has 1 aromatic carbocycles. The number of halogens is 1. The van der Waals surface area contributed by atoms with Gasteiger partial charge in [-0.15, -0.1) is 0 Å². The molecule has 0 aromatic heterocycles. The monoisotopic (exact) mass is 280 g/mol. The predicted molar refractivity (Wildman–Crippen MR) is 75.1 cm³/mol. The Labute approximate surface area is 118 Å². The second-order valence-electron chi connectivity index (χ2n) is 5.50. The maximum Gasteiger partial charge on any atom is 0.325 e.